The van der Waals surface area contributed by atoms with Gasteiger partial charge in [0.05, 0.1) is 11.8 Å². The van der Waals surface area contributed by atoms with Crippen molar-refractivity contribution in [1.82, 2.24) is 24.9 Å². The molecule has 0 aliphatic carbocycles. The van der Waals surface area contributed by atoms with E-state index in [-0.39, 0.29) is 25.2 Å². The van der Waals surface area contributed by atoms with Crippen LogP contribution in [0.15, 0.2) is 18.5 Å². The summed E-state index contributed by atoms with van der Waals surface area (Å²) in [4.78, 5) is 22.4. The summed E-state index contributed by atoms with van der Waals surface area (Å²) in [5.41, 5.74) is -0.357. The minimum absolute atomic E-state index is 0.205. The molecule has 2 rings (SSSR count). The smallest absolute Gasteiger partial charge is 0.435 e. The van der Waals surface area contributed by atoms with E-state index in [1.807, 2.05) is 0 Å². The van der Waals surface area contributed by atoms with Crippen molar-refractivity contribution < 1.29 is 27.9 Å². The molecule has 0 atom stereocenters. The van der Waals surface area contributed by atoms with E-state index in [0.29, 0.717) is 12.1 Å². The van der Waals surface area contributed by atoms with Gasteiger partial charge < -0.3 is 10.4 Å². The Labute approximate surface area is 140 Å². The highest BCUT2D eigenvalue weighted by atomic mass is 19.4. The molecule has 0 unspecified atom stereocenters. The maximum atomic E-state index is 12.6. The number of aromatic nitrogens is 4. The largest absolute Gasteiger partial charge is 0.480 e. The predicted octanol–water partition coefficient (Wildman–Crippen LogP) is 1.31. The lowest BCUT2D eigenvalue weighted by Gasteiger charge is -2.06. The summed E-state index contributed by atoms with van der Waals surface area (Å²) in [5, 5.41) is 18.5. The molecule has 2 aromatic rings. The molecular formula is C14H16F3N5O3. The normalized spacial score (nSPS) is 11.5. The first kappa shape index (κ1) is 18.5. The van der Waals surface area contributed by atoms with Crippen molar-refractivity contribution >= 4 is 11.9 Å². The molecule has 0 aliphatic rings. The van der Waals surface area contributed by atoms with E-state index in [0.717, 1.165) is 10.7 Å². The average Bonchev–Trinajstić information content (AvgIpc) is 3.09. The fraction of sp³-hybridized carbons (Fsp3) is 0.429. The van der Waals surface area contributed by atoms with Crippen LogP contribution in [0.4, 0.5) is 13.2 Å². The molecule has 0 saturated heterocycles. The molecule has 0 bridgehead atoms. The number of carbonyl (C=O) groups is 2. The Balaban J connectivity index is 1.81. The van der Waals surface area contributed by atoms with Crippen molar-refractivity contribution in [2.45, 2.75) is 32.6 Å². The Kier molecular flexibility index (Phi) is 5.45. The van der Waals surface area contributed by atoms with Gasteiger partial charge in [-0.05, 0) is 19.4 Å². The molecule has 136 valence electrons. The Morgan fingerprint density at radius 2 is 2.08 bits per heavy atom. The SMILES string of the molecule is Cc1cc(C(F)(F)F)nn1CCCNC(=O)c1cnn(CC(=O)O)c1. The van der Waals surface area contributed by atoms with Crippen molar-refractivity contribution in [2.75, 3.05) is 6.54 Å². The van der Waals surface area contributed by atoms with Gasteiger partial charge in [-0.1, -0.05) is 0 Å². The number of nitrogens with zero attached hydrogens (tertiary/aromatic N) is 4. The van der Waals surface area contributed by atoms with Gasteiger partial charge >= 0.3 is 12.1 Å². The van der Waals surface area contributed by atoms with Crippen LogP contribution in [0.3, 0.4) is 0 Å². The Morgan fingerprint density at radius 3 is 2.68 bits per heavy atom. The van der Waals surface area contributed by atoms with Gasteiger partial charge in [0.25, 0.3) is 5.91 Å². The number of aryl methyl sites for hydroxylation is 2. The maximum absolute atomic E-state index is 12.6. The van der Waals surface area contributed by atoms with E-state index in [2.05, 4.69) is 15.5 Å². The van der Waals surface area contributed by atoms with E-state index >= 15 is 0 Å². The molecule has 0 aromatic carbocycles. The number of rotatable bonds is 7. The number of hydrogen-bond acceptors (Lipinski definition) is 4. The molecule has 11 heteroatoms. The van der Waals surface area contributed by atoms with Crippen LogP contribution in [0.2, 0.25) is 0 Å². The standard InChI is InChI=1S/C14H16F3N5O3/c1-9-5-11(14(15,16)17)20-22(9)4-2-3-18-13(25)10-6-19-21(7-10)8-12(23)24/h5-7H,2-4,8H2,1H3,(H,18,25)(H,23,24). The number of amides is 1. The number of carbonyl (C=O) groups excluding carboxylic acids is 1. The molecule has 8 nitrogen and oxygen atoms in total. The van der Waals surface area contributed by atoms with Gasteiger partial charge in [-0.2, -0.15) is 23.4 Å². The van der Waals surface area contributed by atoms with Crippen LogP contribution in [-0.2, 0) is 24.1 Å². The second-order valence-electron chi connectivity index (χ2n) is 5.32. The Hall–Kier alpha value is -2.85. The molecule has 25 heavy (non-hydrogen) atoms. The number of alkyl halides is 3. The molecule has 0 aliphatic heterocycles. The van der Waals surface area contributed by atoms with E-state index in [1.54, 1.807) is 0 Å². The second kappa shape index (κ2) is 7.36. The Bertz CT molecular complexity index is 766. The van der Waals surface area contributed by atoms with E-state index in [1.165, 1.54) is 24.0 Å². The lowest BCUT2D eigenvalue weighted by Crippen LogP contribution is -2.25. The lowest BCUT2D eigenvalue weighted by molar-refractivity contribution is -0.141. The number of halogens is 3. The van der Waals surface area contributed by atoms with Crippen molar-refractivity contribution in [3.63, 3.8) is 0 Å². The van der Waals surface area contributed by atoms with Crippen LogP contribution in [0.5, 0.6) is 0 Å². The van der Waals surface area contributed by atoms with Crippen LogP contribution in [0.25, 0.3) is 0 Å². The number of hydrogen-bond donors (Lipinski definition) is 2. The van der Waals surface area contributed by atoms with Gasteiger partial charge in [-0.3, -0.25) is 19.0 Å². The molecule has 2 heterocycles. The number of aliphatic carboxylic acids is 1. The third-order valence-electron chi connectivity index (χ3n) is 3.30. The third-order valence-corrected chi connectivity index (χ3v) is 3.30. The van der Waals surface area contributed by atoms with E-state index < -0.39 is 23.7 Å². The van der Waals surface area contributed by atoms with Crippen molar-refractivity contribution in [3.8, 4) is 0 Å². The third kappa shape index (κ3) is 5.06. The highest BCUT2D eigenvalue weighted by Gasteiger charge is 2.34. The highest BCUT2D eigenvalue weighted by Crippen LogP contribution is 2.28. The zero-order valence-corrected chi connectivity index (χ0v) is 13.2. The minimum Gasteiger partial charge on any atom is -0.480 e. The van der Waals surface area contributed by atoms with Gasteiger partial charge in [0.2, 0.25) is 0 Å². The van der Waals surface area contributed by atoms with Crippen molar-refractivity contribution in [3.05, 3.63) is 35.4 Å². The number of carboxylic acids is 1. The van der Waals surface area contributed by atoms with E-state index in [9.17, 15) is 22.8 Å². The number of nitrogens with one attached hydrogen (secondary N) is 1. The molecule has 1 amide bonds. The quantitative estimate of drug-likeness (QED) is 0.726. The van der Waals surface area contributed by atoms with Gasteiger partial charge in [-0.15, -0.1) is 0 Å². The summed E-state index contributed by atoms with van der Waals surface area (Å²) in [6.45, 7) is 1.62. The molecule has 2 aromatic heterocycles. The van der Waals surface area contributed by atoms with Crippen LogP contribution < -0.4 is 5.32 Å². The lowest BCUT2D eigenvalue weighted by atomic mass is 10.3. The summed E-state index contributed by atoms with van der Waals surface area (Å²) >= 11 is 0. The maximum Gasteiger partial charge on any atom is 0.435 e. The monoisotopic (exact) mass is 359 g/mol. The molecule has 2 N–H and O–H groups in total. The predicted molar refractivity (Wildman–Crippen MR) is 78.8 cm³/mol. The van der Waals surface area contributed by atoms with Crippen LogP contribution in [0.1, 0.15) is 28.2 Å². The summed E-state index contributed by atoms with van der Waals surface area (Å²) in [6, 6.07) is 0.968. The Morgan fingerprint density at radius 1 is 1.36 bits per heavy atom. The first-order chi connectivity index (χ1) is 11.7. The second-order valence-corrected chi connectivity index (χ2v) is 5.32. The fourth-order valence-corrected chi connectivity index (χ4v) is 2.11. The van der Waals surface area contributed by atoms with Crippen molar-refractivity contribution in [1.29, 1.82) is 0 Å². The molecule has 0 radical (unpaired) electrons. The topological polar surface area (TPSA) is 102 Å². The summed E-state index contributed by atoms with van der Waals surface area (Å²) in [6.07, 6.45) is -1.56. The number of carboxylic acid groups (broad SMARTS) is 1. The molecular weight excluding hydrogens is 343 g/mol. The zero-order chi connectivity index (χ0) is 18.6. The van der Waals surface area contributed by atoms with Gasteiger partial charge in [0, 0.05) is 25.0 Å². The van der Waals surface area contributed by atoms with Crippen LogP contribution in [0, 0.1) is 6.92 Å². The summed E-state index contributed by atoms with van der Waals surface area (Å²) in [5.74, 6) is -1.52. The molecule has 0 spiro atoms. The van der Waals surface area contributed by atoms with Gasteiger partial charge in [-0.25, -0.2) is 0 Å². The van der Waals surface area contributed by atoms with E-state index in [4.69, 9.17) is 5.11 Å². The summed E-state index contributed by atoms with van der Waals surface area (Å²) in [7, 11) is 0. The minimum atomic E-state index is -4.49. The first-order valence-electron chi connectivity index (χ1n) is 7.31. The fourth-order valence-electron chi connectivity index (χ4n) is 2.11. The average molecular weight is 359 g/mol. The van der Waals surface area contributed by atoms with Gasteiger partial charge in [0.1, 0.15) is 6.54 Å². The summed E-state index contributed by atoms with van der Waals surface area (Å²) < 4.78 is 40.1. The van der Waals surface area contributed by atoms with Crippen LogP contribution >= 0.6 is 0 Å². The molecule has 0 fully saturated rings. The molecule has 0 saturated carbocycles. The highest BCUT2D eigenvalue weighted by molar-refractivity contribution is 5.93. The van der Waals surface area contributed by atoms with Crippen LogP contribution in [-0.4, -0.2) is 43.1 Å². The zero-order valence-electron chi connectivity index (χ0n) is 13.2. The first-order valence-corrected chi connectivity index (χ1v) is 7.31. The van der Waals surface area contributed by atoms with Crippen molar-refractivity contribution in [2.24, 2.45) is 0 Å². The van der Waals surface area contributed by atoms with Gasteiger partial charge in [0.15, 0.2) is 5.69 Å².